The summed E-state index contributed by atoms with van der Waals surface area (Å²) in [7, 11) is 0. The minimum absolute atomic E-state index is 0.165. The lowest BCUT2D eigenvalue weighted by atomic mass is 10.1. The van der Waals surface area contributed by atoms with Crippen LogP contribution in [0.25, 0.3) is 21.9 Å². The second-order valence-electron chi connectivity index (χ2n) is 7.92. The first kappa shape index (κ1) is 20.3. The van der Waals surface area contributed by atoms with Crippen molar-refractivity contribution in [3.8, 4) is 23.0 Å². The number of fused-ring (bicyclic) bond motifs is 3. The monoisotopic (exact) mass is 428 g/mol. The number of hydrogen-bond donors (Lipinski definition) is 0. The highest BCUT2D eigenvalue weighted by atomic mass is 16.6. The zero-order valence-electron chi connectivity index (χ0n) is 18.0. The molecule has 2 aromatic carbocycles. The Kier molecular flexibility index (Phi) is 5.78. The van der Waals surface area contributed by atoms with Crippen molar-refractivity contribution in [2.75, 3.05) is 39.6 Å². The summed E-state index contributed by atoms with van der Waals surface area (Å²) >= 11 is 0. The van der Waals surface area contributed by atoms with E-state index in [2.05, 4.69) is 13.8 Å². The lowest BCUT2D eigenvalue weighted by molar-refractivity contribution is 0.241. The smallest absolute Gasteiger partial charge is 0.164 e. The van der Waals surface area contributed by atoms with Crippen molar-refractivity contribution >= 4 is 21.9 Å². The van der Waals surface area contributed by atoms with Crippen LogP contribution in [0.15, 0.2) is 28.7 Å². The molecule has 0 amide bonds. The largest absolute Gasteiger partial charge is 0.490 e. The third kappa shape index (κ3) is 4.67. The second kappa shape index (κ2) is 8.85. The maximum absolute atomic E-state index is 6.16. The number of rotatable bonds is 12. The van der Waals surface area contributed by atoms with Crippen LogP contribution < -0.4 is 18.9 Å². The van der Waals surface area contributed by atoms with E-state index in [1.165, 1.54) is 0 Å². The molecule has 0 saturated carbocycles. The van der Waals surface area contributed by atoms with Gasteiger partial charge >= 0.3 is 0 Å². The van der Waals surface area contributed by atoms with E-state index >= 15 is 0 Å². The average molecular weight is 428 g/mol. The van der Waals surface area contributed by atoms with Gasteiger partial charge in [-0.2, -0.15) is 0 Å². The van der Waals surface area contributed by atoms with E-state index < -0.39 is 0 Å². The minimum atomic E-state index is 0.165. The Hall–Kier alpha value is -2.64. The summed E-state index contributed by atoms with van der Waals surface area (Å²) in [6.45, 7) is 7.87. The van der Waals surface area contributed by atoms with Gasteiger partial charge in [-0.25, -0.2) is 0 Å². The molecule has 0 N–H and O–H groups in total. The van der Waals surface area contributed by atoms with E-state index in [1.807, 2.05) is 24.3 Å². The molecule has 2 atom stereocenters. The normalized spacial score (nSPS) is 19.5. The Bertz CT molecular complexity index is 967. The summed E-state index contributed by atoms with van der Waals surface area (Å²) in [5, 5.41) is 1.89. The summed E-state index contributed by atoms with van der Waals surface area (Å²) in [6.07, 6.45) is 2.15. The number of epoxide rings is 2. The molecular weight excluding hydrogens is 400 g/mol. The Balaban J connectivity index is 1.54. The number of benzene rings is 2. The second-order valence-corrected chi connectivity index (χ2v) is 7.92. The van der Waals surface area contributed by atoms with Crippen molar-refractivity contribution in [2.24, 2.45) is 0 Å². The molecule has 31 heavy (non-hydrogen) atoms. The molecule has 2 unspecified atom stereocenters. The highest BCUT2D eigenvalue weighted by Gasteiger charge is 2.26. The summed E-state index contributed by atoms with van der Waals surface area (Å²) in [5.41, 5.74) is 1.47. The fourth-order valence-corrected chi connectivity index (χ4v) is 3.36. The number of hydrogen-bond acceptors (Lipinski definition) is 7. The van der Waals surface area contributed by atoms with Crippen LogP contribution >= 0.6 is 0 Å². The molecule has 0 spiro atoms. The van der Waals surface area contributed by atoms with Gasteiger partial charge in [-0.3, -0.25) is 0 Å². The summed E-state index contributed by atoms with van der Waals surface area (Å²) < 4.78 is 40.6. The number of ether oxygens (including phenoxy) is 6. The van der Waals surface area contributed by atoms with Crippen molar-refractivity contribution in [1.29, 1.82) is 0 Å². The van der Waals surface area contributed by atoms with Crippen molar-refractivity contribution in [3.05, 3.63) is 24.3 Å². The molecule has 5 rings (SSSR count). The SMILES string of the molecule is CCCOc1cc2oc3cc(OCCC)c(OCC4CO4)cc3c2cc1OCC1CO1. The van der Waals surface area contributed by atoms with Crippen LogP contribution in [0.3, 0.4) is 0 Å². The Morgan fingerprint density at radius 2 is 1.10 bits per heavy atom. The molecule has 7 nitrogen and oxygen atoms in total. The van der Waals surface area contributed by atoms with Crippen LogP contribution in [0.1, 0.15) is 26.7 Å². The van der Waals surface area contributed by atoms with Gasteiger partial charge in [0.25, 0.3) is 0 Å². The fourth-order valence-electron chi connectivity index (χ4n) is 3.36. The van der Waals surface area contributed by atoms with Crippen LogP contribution in [-0.2, 0) is 9.47 Å². The molecule has 2 aliphatic heterocycles. The third-order valence-corrected chi connectivity index (χ3v) is 5.18. The standard InChI is InChI=1S/C24H28O7/c1-3-5-25-23-9-19-17(7-21(23)29-13-15-11-27-15)18-8-22(30-14-16-12-28-16)24(26-6-4-2)10-20(18)31-19/h7-10,15-16H,3-6,11-14H2,1-2H3. The molecular formula is C24H28O7. The molecule has 2 aliphatic rings. The van der Waals surface area contributed by atoms with Crippen molar-refractivity contribution in [1.82, 2.24) is 0 Å². The van der Waals surface area contributed by atoms with Gasteiger partial charge in [-0.1, -0.05) is 13.8 Å². The van der Waals surface area contributed by atoms with Gasteiger partial charge < -0.3 is 32.8 Å². The Labute approximate surface area is 181 Å². The molecule has 3 aromatic rings. The van der Waals surface area contributed by atoms with Gasteiger partial charge in [-0.05, 0) is 25.0 Å². The van der Waals surface area contributed by atoms with Gasteiger partial charge in [0.1, 0.15) is 36.6 Å². The first-order chi connectivity index (χ1) is 15.2. The van der Waals surface area contributed by atoms with Crippen LogP contribution in [-0.4, -0.2) is 51.8 Å². The molecule has 7 heteroatoms. The van der Waals surface area contributed by atoms with E-state index in [1.54, 1.807) is 0 Å². The van der Waals surface area contributed by atoms with Crippen LogP contribution in [0, 0.1) is 0 Å². The highest BCUT2D eigenvalue weighted by molar-refractivity contribution is 6.07. The molecule has 3 heterocycles. The third-order valence-electron chi connectivity index (χ3n) is 5.18. The predicted molar refractivity (Wildman–Crippen MR) is 116 cm³/mol. The Morgan fingerprint density at radius 3 is 1.48 bits per heavy atom. The summed E-state index contributed by atoms with van der Waals surface area (Å²) in [6, 6.07) is 7.77. The van der Waals surface area contributed by atoms with Gasteiger partial charge in [0, 0.05) is 22.9 Å². The summed E-state index contributed by atoms with van der Waals surface area (Å²) in [4.78, 5) is 0. The van der Waals surface area contributed by atoms with Crippen LogP contribution in [0.4, 0.5) is 0 Å². The molecule has 166 valence electrons. The van der Waals surface area contributed by atoms with Gasteiger partial charge in [-0.15, -0.1) is 0 Å². The van der Waals surface area contributed by atoms with Crippen molar-refractivity contribution in [2.45, 2.75) is 38.9 Å². The number of furan rings is 1. The van der Waals surface area contributed by atoms with E-state index in [0.29, 0.717) is 49.4 Å². The van der Waals surface area contributed by atoms with E-state index in [-0.39, 0.29) is 12.2 Å². The van der Waals surface area contributed by atoms with E-state index in [0.717, 1.165) is 48.0 Å². The fraction of sp³-hybridized carbons (Fsp3) is 0.500. The molecule has 0 bridgehead atoms. The van der Waals surface area contributed by atoms with Gasteiger partial charge in [0.2, 0.25) is 0 Å². The summed E-state index contributed by atoms with van der Waals surface area (Å²) in [5.74, 6) is 2.75. The highest BCUT2D eigenvalue weighted by Crippen LogP contribution is 2.42. The molecule has 2 fully saturated rings. The maximum atomic E-state index is 6.16. The van der Waals surface area contributed by atoms with Crippen LogP contribution in [0.2, 0.25) is 0 Å². The topological polar surface area (TPSA) is 75.1 Å². The molecule has 1 aromatic heterocycles. The van der Waals surface area contributed by atoms with Gasteiger partial charge in [0.05, 0.1) is 26.4 Å². The van der Waals surface area contributed by atoms with Crippen molar-refractivity contribution in [3.63, 3.8) is 0 Å². The van der Waals surface area contributed by atoms with Crippen LogP contribution in [0.5, 0.6) is 23.0 Å². The first-order valence-electron chi connectivity index (χ1n) is 11.0. The maximum Gasteiger partial charge on any atom is 0.164 e. The molecule has 0 aliphatic carbocycles. The Morgan fingerprint density at radius 1 is 0.677 bits per heavy atom. The lowest BCUT2D eigenvalue weighted by Gasteiger charge is -2.12. The average Bonchev–Trinajstić information content (AvgIpc) is 3.70. The predicted octanol–water partition coefficient (Wildman–Crippen LogP) is 4.72. The van der Waals surface area contributed by atoms with Crippen molar-refractivity contribution < 1.29 is 32.8 Å². The quantitative estimate of drug-likeness (QED) is 0.387. The first-order valence-corrected chi connectivity index (χ1v) is 11.0. The molecule has 2 saturated heterocycles. The zero-order chi connectivity index (χ0) is 21.2. The zero-order valence-corrected chi connectivity index (χ0v) is 18.0. The minimum Gasteiger partial charge on any atom is -0.490 e. The lowest BCUT2D eigenvalue weighted by Crippen LogP contribution is -2.06. The van der Waals surface area contributed by atoms with E-state index in [4.69, 9.17) is 32.8 Å². The van der Waals surface area contributed by atoms with Gasteiger partial charge in [0.15, 0.2) is 23.0 Å². The molecule has 0 radical (unpaired) electrons. The van der Waals surface area contributed by atoms with E-state index in [9.17, 15) is 0 Å².